The van der Waals surface area contributed by atoms with E-state index >= 15 is 0 Å². The minimum absolute atomic E-state index is 0.844. The lowest BCUT2D eigenvalue weighted by Crippen LogP contribution is -2.11. The zero-order chi connectivity index (χ0) is 14.6. The van der Waals surface area contributed by atoms with Crippen molar-refractivity contribution in [1.82, 2.24) is 4.57 Å². The van der Waals surface area contributed by atoms with Crippen LogP contribution in [0.2, 0.25) is 0 Å². The van der Waals surface area contributed by atoms with Crippen LogP contribution < -0.4 is 10.6 Å². The summed E-state index contributed by atoms with van der Waals surface area (Å²) in [6.07, 6.45) is 0. The number of benzene rings is 1. The number of para-hydroxylation sites is 1. The molecule has 0 atom stereocenters. The Bertz CT molecular complexity index is 469. The highest BCUT2D eigenvalue weighted by atomic mass is 32.1. The van der Waals surface area contributed by atoms with Crippen LogP contribution >= 0.6 is 11.3 Å². The molecule has 0 amide bonds. The Morgan fingerprint density at radius 1 is 1.00 bits per heavy atom. The van der Waals surface area contributed by atoms with Gasteiger partial charge < -0.3 is 10.4 Å². The van der Waals surface area contributed by atoms with Gasteiger partial charge in [0.15, 0.2) is 0 Å². The predicted octanol–water partition coefficient (Wildman–Crippen LogP) is 4.09. The van der Waals surface area contributed by atoms with Crippen LogP contribution in [-0.2, 0) is 7.05 Å². The van der Waals surface area contributed by atoms with Crippen LogP contribution in [0.3, 0.4) is 0 Å². The molecule has 0 saturated heterocycles. The maximum atomic E-state index is 5.23. The molecule has 0 spiro atoms. The fraction of sp³-hybridized carbons (Fsp3) is 0.500. The van der Waals surface area contributed by atoms with Gasteiger partial charge in [-0.2, -0.15) is 5.10 Å². The summed E-state index contributed by atoms with van der Waals surface area (Å²) in [5.41, 5.74) is 1.17. The molecule has 1 aromatic heterocycles. The van der Waals surface area contributed by atoms with Crippen LogP contribution in [0.4, 0.5) is 0 Å². The third-order valence-corrected chi connectivity index (χ3v) is 2.95. The van der Waals surface area contributed by atoms with Crippen molar-refractivity contribution in [2.45, 2.75) is 41.5 Å². The fourth-order valence-corrected chi connectivity index (χ4v) is 2.14. The second-order valence-electron chi connectivity index (χ2n) is 2.54. The number of aryl methyl sites for hydroxylation is 1. The first-order valence-corrected chi connectivity index (χ1v) is 7.43. The van der Waals surface area contributed by atoms with Gasteiger partial charge in [0.1, 0.15) is 0 Å². The second-order valence-corrected chi connectivity index (χ2v) is 3.55. The molecule has 4 heteroatoms. The minimum Gasteiger partial charge on any atom is -0.320 e. The van der Waals surface area contributed by atoms with E-state index < -0.39 is 0 Å². The van der Waals surface area contributed by atoms with Crippen LogP contribution in [0.5, 0.6) is 0 Å². The summed E-state index contributed by atoms with van der Waals surface area (Å²) in [5.74, 6) is 5.23. The molecule has 0 radical (unpaired) electrons. The number of thiazole rings is 1. The van der Waals surface area contributed by atoms with Gasteiger partial charge in [-0.25, -0.2) is 0 Å². The monoisotopic (exact) mass is 269 g/mol. The highest BCUT2D eigenvalue weighted by Crippen LogP contribution is 2.14. The maximum absolute atomic E-state index is 5.23. The number of hydrogen-bond donors (Lipinski definition) is 1. The molecular weight excluding hydrogens is 242 g/mol. The molecule has 0 aliphatic carbocycles. The standard InChI is InChI=1S/C8H9N3S.3C2H6/c1-11-6-4-2-3-5-7(6)12-8(11)10-9;3*1-2/h2-5H,9H2,1H3;3*1-2H3/b10-8-;;;. The van der Waals surface area contributed by atoms with E-state index in [1.165, 1.54) is 10.2 Å². The number of fused-ring (bicyclic) bond motifs is 1. The topological polar surface area (TPSA) is 43.3 Å². The van der Waals surface area contributed by atoms with Crippen LogP contribution in [0.15, 0.2) is 29.4 Å². The quantitative estimate of drug-likeness (QED) is 0.568. The summed E-state index contributed by atoms with van der Waals surface area (Å²) in [7, 11) is 1.96. The Kier molecular flexibility index (Phi) is 12.9. The molecule has 3 nitrogen and oxygen atoms in total. The molecule has 1 aromatic carbocycles. The molecule has 0 aliphatic heterocycles. The number of hydrogen-bond acceptors (Lipinski definition) is 3. The molecule has 2 N–H and O–H groups in total. The Balaban J connectivity index is 0. The SMILES string of the molecule is CC.CC.CC.Cn1/c(=N/N)sc2ccccc21. The lowest BCUT2D eigenvalue weighted by atomic mass is 10.3. The van der Waals surface area contributed by atoms with Crippen molar-refractivity contribution in [3.05, 3.63) is 29.1 Å². The summed E-state index contributed by atoms with van der Waals surface area (Å²) >= 11 is 1.60. The van der Waals surface area contributed by atoms with Gasteiger partial charge in [-0.3, -0.25) is 0 Å². The first kappa shape index (κ1) is 19.1. The highest BCUT2D eigenvalue weighted by molar-refractivity contribution is 7.16. The Labute approximate surface area is 115 Å². The first-order valence-electron chi connectivity index (χ1n) is 6.61. The summed E-state index contributed by atoms with van der Waals surface area (Å²) in [5, 5.41) is 3.69. The van der Waals surface area contributed by atoms with Crippen molar-refractivity contribution < 1.29 is 0 Å². The van der Waals surface area contributed by atoms with E-state index in [1.54, 1.807) is 11.3 Å². The van der Waals surface area contributed by atoms with Crippen molar-refractivity contribution >= 4 is 21.6 Å². The third-order valence-electron chi connectivity index (χ3n) is 1.83. The van der Waals surface area contributed by atoms with E-state index in [0.717, 1.165) is 4.80 Å². The summed E-state index contributed by atoms with van der Waals surface area (Å²) < 4.78 is 3.20. The highest BCUT2D eigenvalue weighted by Gasteiger charge is 1.99. The first-order chi connectivity index (χ1) is 8.83. The molecule has 0 bridgehead atoms. The van der Waals surface area contributed by atoms with Gasteiger partial charge in [0.25, 0.3) is 0 Å². The van der Waals surface area contributed by atoms with Crippen molar-refractivity contribution in [2.24, 2.45) is 18.0 Å². The van der Waals surface area contributed by atoms with E-state index in [0.29, 0.717) is 0 Å². The van der Waals surface area contributed by atoms with E-state index in [2.05, 4.69) is 17.2 Å². The Morgan fingerprint density at radius 2 is 1.50 bits per heavy atom. The lowest BCUT2D eigenvalue weighted by Gasteiger charge is -1.91. The number of nitrogens with zero attached hydrogens (tertiary/aromatic N) is 2. The Hall–Kier alpha value is -1.29. The molecule has 0 aliphatic rings. The van der Waals surface area contributed by atoms with Gasteiger partial charge in [-0.1, -0.05) is 65.0 Å². The Morgan fingerprint density at radius 3 is 1.94 bits per heavy atom. The lowest BCUT2D eigenvalue weighted by molar-refractivity contribution is 0.888. The van der Waals surface area contributed by atoms with Crippen molar-refractivity contribution in [1.29, 1.82) is 0 Å². The van der Waals surface area contributed by atoms with Crippen LogP contribution in [0.25, 0.3) is 10.2 Å². The number of nitrogens with two attached hydrogens (primary N) is 1. The zero-order valence-corrected chi connectivity index (χ0v) is 13.5. The largest absolute Gasteiger partial charge is 0.320 e. The minimum atomic E-state index is 0.844. The zero-order valence-electron chi connectivity index (χ0n) is 12.7. The smallest absolute Gasteiger partial charge is 0.208 e. The molecule has 2 aromatic rings. The molecule has 104 valence electrons. The van der Waals surface area contributed by atoms with E-state index in [-0.39, 0.29) is 0 Å². The van der Waals surface area contributed by atoms with Gasteiger partial charge in [0, 0.05) is 7.05 Å². The van der Waals surface area contributed by atoms with E-state index in [9.17, 15) is 0 Å². The molecule has 2 rings (SSSR count). The number of rotatable bonds is 0. The molecule has 0 unspecified atom stereocenters. The van der Waals surface area contributed by atoms with Gasteiger partial charge in [0.2, 0.25) is 4.80 Å². The van der Waals surface area contributed by atoms with Crippen molar-refractivity contribution in [3.63, 3.8) is 0 Å². The molecule has 0 fully saturated rings. The maximum Gasteiger partial charge on any atom is 0.208 e. The van der Waals surface area contributed by atoms with Gasteiger partial charge in [0.05, 0.1) is 10.2 Å². The second kappa shape index (κ2) is 12.2. The van der Waals surface area contributed by atoms with Crippen molar-refractivity contribution in [3.8, 4) is 0 Å². The van der Waals surface area contributed by atoms with Crippen molar-refractivity contribution in [2.75, 3.05) is 0 Å². The average molecular weight is 269 g/mol. The normalized spacial score (nSPS) is 9.39. The predicted molar refractivity (Wildman–Crippen MR) is 84.6 cm³/mol. The third kappa shape index (κ3) is 4.92. The van der Waals surface area contributed by atoms with Crippen LogP contribution in [-0.4, -0.2) is 4.57 Å². The number of aromatic nitrogens is 1. The van der Waals surface area contributed by atoms with Gasteiger partial charge in [-0.05, 0) is 12.1 Å². The fourth-order valence-electron chi connectivity index (χ4n) is 1.20. The van der Waals surface area contributed by atoms with E-state index in [4.69, 9.17) is 5.84 Å². The van der Waals surface area contributed by atoms with Crippen LogP contribution in [0.1, 0.15) is 41.5 Å². The average Bonchev–Trinajstić information content (AvgIpc) is 2.82. The molecule has 0 saturated carbocycles. The summed E-state index contributed by atoms with van der Waals surface area (Å²) in [6, 6.07) is 8.14. The van der Waals surface area contributed by atoms with Gasteiger partial charge in [-0.15, -0.1) is 0 Å². The van der Waals surface area contributed by atoms with Crippen LogP contribution in [0, 0.1) is 0 Å². The molecule has 18 heavy (non-hydrogen) atoms. The summed E-state index contributed by atoms with van der Waals surface area (Å²) in [4.78, 5) is 0.844. The van der Waals surface area contributed by atoms with Gasteiger partial charge >= 0.3 is 0 Å². The summed E-state index contributed by atoms with van der Waals surface area (Å²) in [6.45, 7) is 12.0. The molecular formula is C14H27N3S. The molecule has 1 heterocycles. The van der Waals surface area contributed by atoms with E-state index in [1.807, 2.05) is 65.3 Å².